The van der Waals surface area contributed by atoms with Gasteiger partial charge >= 0.3 is 0 Å². The van der Waals surface area contributed by atoms with Gasteiger partial charge in [0.05, 0.1) is 28.8 Å². The summed E-state index contributed by atoms with van der Waals surface area (Å²) in [5.41, 5.74) is 11.2. The lowest BCUT2D eigenvalue weighted by atomic mass is 10.0. The Morgan fingerprint density at radius 3 is 2.36 bits per heavy atom. The number of nitrogens with zero attached hydrogens (tertiary/aromatic N) is 3. The maximum atomic E-state index is 12.2. The van der Waals surface area contributed by atoms with Crippen molar-refractivity contribution in [2.75, 3.05) is 0 Å². The normalized spacial score (nSPS) is 10.2. The molecule has 1 amide bonds. The third kappa shape index (κ3) is 3.95. The van der Waals surface area contributed by atoms with Gasteiger partial charge in [-0.2, -0.15) is 10.5 Å². The van der Waals surface area contributed by atoms with Crippen LogP contribution in [0.1, 0.15) is 50.8 Å². The van der Waals surface area contributed by atoms with Gasteiger partial charge in [-0.25, -0.2) is 0 Å². The van der Waals surface area contributed by atoms with Gasteiger partial charge in [-0.3, -0.25) is 4.79 Å². The number of carbonyl (C=O) groups excluding carboxylic acids is 1. The van der Waals surface area contributed by atoms with E-state index in [2.05, 4.69) is 12.1 Å². The number of carbonyl (C=O) groups is 1. The largest absolute Gasteiger partial charge is 0.366 e. The number of rotatable bonds is 6. The molecule has 138 valence electrons. The van der Waals surface area contributed by atoms with Gasteiger partial charge in [-0.05, 0) is 53.8 Å². The van der Waals surface area contributed by atoms with Crippen LogP contribution in [0, 0.1) is 22.7 Å². The molecule has 0 saturated carbocycles. The van der Waals surface area contributed by atoms with Crippen molar-refractivity contribution < 1.29 is 4.79 Å². The Kier molecular flexibility index (Phi) is 5.58. The molecule has 2 N–H and O–H groups in total. The highest BCUT2D eigenvalue weighted by atomic mass is 16.1. The summed E-state index contributed by atoms with van der Waals surface area (Å²) in [7, 11) is 0. The van der Waals surface area contributed by atoms with Crippen LogP contribution in [0.2, 0.25) is 0 Å². The number of primary amides is 1. The van der Waals surface area contributed by atoms with E-state index in [-0.39, 0.29) is 0 Å². The van der Waals surface area contributed by atoms with E-state index in [0.29, 0.717) is 36.1 Å². The molecule has 5 nitrogen and oxygen atoms in total. The smallest absolute Gasteiger partial charge is 0.250 e. The van der Waals surface area contributed by atoms with Crippen LogP contribution < -0.4 is 5.73 Å². The molecule has 5 heteroatoms. The molecule has 0 saturated heterocycles. The highest BCUT2D eigenvalue weighted by molar-refractivity contribution is 5.96. The molecule has 0 spiro atoms. The number of hydrogen-bond donors (Lipinski definition) is 1. The molecule has 0 aliphatic heterocycles. The first-order valence-electron chi connectivity index (χ1n) is 9.04. The Morgan fingerprint density at radius 1 is 1.04 bits per heavy atom. The first-order valence-corrected chi connectivity index (χ1v) is 9.04. The molecule has 0 unspecified atom stereocenters. The maximum absolute atomic E-state index is 12.2. The zero-order chi connectivity index (χ0) is 20.1. The van der Waals surface area contributed by atoms with Gasteiger partial charge < -0.3 is 10.3 Å². The van der Waals surface area contributed by atoms with Crippen LogP contribution in [0.3, 0.4) is 0 Å². The van der Waals surface area contributed by atoms with Crippen LogP contribution in [0.25, 0.3) is 0 Å². The minimum atomic E-state index is -0.440. The van der Waals surface area contributed by atoms with E-state index >= 15 is 0 Å². The zero-order valence-corrected chi connectivity index (χ0v) is 15.6. The lowest BCUT2D eigenvalue weighted by molar-refractivity contribution is 0.0998. The highest BCUT2D eigenvalue weighted by Gasteiger charge is 2.19. The number of nitriles is 2. The quantitative estimate of drug-likeness (QED) is 0.721. The Labute approximate surface area is 164 Å². The summed E-state index contributed by atoms with van der Waals surface area (Å²) in [4.78, 5) is 12.2. The van der Waals surface area contributed by atoms with Crippen molar-refractivity contribution >= 4 is 5.91 Å². The van der Waals surface area contributed by atoms with Crippen molar-refractivity contribution in [1.29, 1.82) is 10.5 Å². The molecule has 2 aromatic carbocycles. The number of nitrogens with two attached hydrogens (primary N) is 1. The van der Waals surface area contributed by atoms with Crippen LogP contribution in [-0.4, -0.2) is 10.5 Å². The molecule has 0 radical (unpaired) electrons. The van der Waals surface area contributed by atoms with Gasteiger partial charge in [0.25, 0.3) is 5.91 Å². The Balaban J connectivity index is 1.99. The molecule has 0 atom stereocenters. The summed E-state index contributed by atoms with van der Waals surface area (Å²) < 4.78 is 2.04. The second kappa shape index (κ2) is 8.24. The predicted molar refractivity (Wildman–Crippen MR) is 107 cm³/mol. The average molecular weight is 368 g/mol. The second-order valence-electron chi connectivity index (χ2n) is 6.62. The Hall–Kier alpha value is -3.83. The molecular weight excluding hydrogens is 348 g/mol. The first-order chi connectivity index (χ1) is 13.5. The van der Waals surface area contributed by atoms with Crippen LogP contribution in [0.5, 0.6) is 0 Å². The molecule has 0 bridgehead atoms. The fourth-order valence-electron chi connectivity index (χ4n) is 3.47. The van der Waals surface area contributed by atoms with E-state index in [9.17, 15) is 4.79 Å². The maximum Gasteiger partial charge on any atom is 0.250 e. The average Bonchev–Trinajstić information content (AvgIpc) is 3.05. The summed E-state index contributed by atoms with van der Waals surface area (Å²) >= 11 is 0. The molecule has 28 heavy (non-hydrogen) atoms. The topological polar surface area (TPSA) is 95.6 Å². The Morgan fingerprint density at radius 2 is 1.75 bits per heavy atom. The van der Waals surface area contributed by atoms with E-state index in [1.807, 2.05) is 48.0 Å². The van der Waals surface area contributed by atoms with E-state index in [1.54, 1.807) is 18.2 Å². The van der Waals surface area contributed by atoms with E-state index < -0.39 is 5.91 Å². The predicted octanol–water partition coefficient (Wildman–Crippen LogP) is 3.53. The van der Waals surface area contributed by atoms with Crippen molar-refractivity contribution in [3.63, 3.8) is 0 Å². The van der Waals surface area contributed by atoms with E-state index in [4.69, 9.17) is 16.3 Å². The van der Waals surface area contributed by atoms with Crippen molar-refractivity contribution in [2.24, 2.45) is 5.73 Å². The second-order valence-corrected chi connectivity index (χ2v) is 6.62. The number of hydrogen-bond acceptors (Lipinski definition) is 3. The fourth-order valence-corrected chi connectivity index (χ4v) is 3.47. The molecular formula is C23H20N4O. The van der Waals surface area contributed by atoms with Crippen LogP contribution in [0.15, 0.2) is 54.7 Å². The van der Waals surface area contributed by atoms with Crippen LogP contribution in [-0.2, 0) is 19.4 Å². The zero-order valence-electron chi connectivity index (χ0n) is 15.6. The molecule has 3 rings (SSSR count). The van der Waals surface area contributed by atoms with Crippen molar-refractivity contribution in [3.8, 4) is 12.1 Å². The van der Waals surface area contributed by atoms with Crippen molar-refractivity contribution in [2.45, 2.75) is 26.3 Å². The SMILES string of the molecule is CCc1c(C(N)=O)c(Cc2ccc(C#N)cc2)cn1Cc1cccc(C#N)c1. The van der Waals surface area contributed by atoms with E-state index in [1.165, 1.54) is 0 Å². The third-order valence-electron chi connectivity index (χ3n) is 4.74. The standard InChI is InChI=1S/C23H20N4O/c1-2-21-22(23(26)28)20(11-16-6-8-17(12-24)9-7-16)15-27(21)14-19-5-3-4-18(10-19)13-25/h3-10,15H,2,11,14H2,1H3,(H2,26,28). The van der Waals surface area contributed by atoms with Gasteiger partial charge in [-0.15, -0.1) is 0 Å². The molecule has 0 aliphatic carbocycles. The van der Waals surface area contributed by atoms with E-state index in [0.717, 1.165) is 22.4 Å². The van der Waals surface area contributed by atoms with Gasteiger partial charge in [0.2, 0.25) is 0 Å². The van der Waals surface area contributed by atoms with Gasteiger partial charge in [0.15, 0.2) is 0 Å². The monoisotopic (exact) mass is 368 g/mol. The minimum absolute atomic E-state index is 0.440. The number of aromatic nitrogens is 1. The summed E-state index contributed by atoms with van der Waals surface area (Å²) in [5.74, 6) is -0.440. The molecule has 0 fully saturated rings. The molecule has 1 aromatic heterocycles. The fraction of sp³-hybridized carbons (Fsp3) is 0.174. The molecule has 0 aliphatic rings. The van der Waals surface area contributed by atoms with Crippen molar-refractivity contribution in [1.82, 2.24) is 4.57 Å². The molecule has 1 heterocycles. The summed E-state index contributed by atoms with van der Waals surface area (Å²) in [6, 6.07) is 19.0. The molecule has 3 aromatic rings. The number of benzene rings is 2. The highest BCUT2D eigenvalue weighted by Crippen LogP contribution is 2.23. The number of amides is 1. The summed E-state index contributed by atoms with van der Waals surface area (Å²) in [6.07, 6.45) is 3.20. The Bertz CT molecular complexity index is 1100. The minimum Gasteiger partial charge on any atom is -0.366 e. The summed E-state index contributed by atoms with van der Waals surface area (Å²) in [6.45, 7) is 2.56. The lowest BCUT2D eigenvalue weighted by Crippen LogP contribution is -2.16. The van der Waals surface area contributed by atoms with Crippen LogP contribution >= 0.6 is 0 Å². The third-order valence-corrected chi connectivity index (χ3v) is 4.74. The summed E-state index contributed by atoms with van der Waals surface area (Å²) in [5, 5.41) is 18.1. The lowest BCUT2D eigenvalue weighted by Gasteiger charge is -2.09. The first kappa shape index (κ1) is 18.9. The van der Waals surface area contributed by atoms with Gasteiger partial charge in [0.1, 0.15) is 0 Å². The van der Waals surface area contributed by atoms with Gasteiger partial charge in [-0.1, -0.05) is 31.2 Å². The van der Waals surface area contributed by atoms with Gasteiger partial charge in [0, 0.05) is 18.4 Å². The van der Waals surface area contributed by atoms with Crippen LogP contribution in [0.4, 0.5) is 0 Å². The van der Waals surface area contributed by atoms with Crippen molar-refractivity contribution in [3.05, 3.63) is 93.8 Å².